The summed E-state index contributed by atoms with van der Waals surface area (Å²) in [5, 5.41) is 1.24. The summed E-state index contributed by atoms with van der Waals surface area (Å²) in [4.78, 5) is 8.32. The number of aromatic nitrogens is 3. The molecule has 3 N–H and O–H groups in total. The maximum atomic E-state index is 4.79. The number of rotatable bonds is 4. The molecule has 0 amide bonds. The Morgan fingerprint density at radius 3 is 2.63 bits per heavy atom. The van der Waals surface area contributed by atoms with Crippen LogP contribution in [0.3, 0.4) is 0 Å². The van der Waals surface area contributed by atoms with Crippen LogP contribution in [0.2, 0.25) is 0 Å². The summed E-state index contributed by atoms with van der Waals surface area (Å²) >= 11 is 0. The number of nitrogens with zero attached hydrogens (tertiary/aromatic N) is 2. The summed E-state index contributed by atoms with van der Waals surface area (Å²) in [6, 6.07) is 21.7. The summed E-state index contributed by atoms with van der Waals surface area (Å²) in [5.74, 6) is 0. The van der Waals surface area contributed by atoms with Gasteiger partial charge in [0, 0.05) is 22.8 Å². The predicted molar refractivity (Wildman–Crippen MR) is 108 cm³/mol. The zero-order valence-electron chi connectivity index (χ0n) is 15.3. The van der Waals surface area contributed by atoms with Gasteiger partial charge in [-0.3, -0.25) is 5.43 Å². The molecule has 1 aliphatic rings. The van der Waals surface area contributed by atoms with Crippen molar-refractivity contribution in [3.05, 3.63) is 78.4 Å². The predicted octanol–water partition coefficient (Wildman–Crippen LogP) is 4.01. The highest BCUT2D eigenvalue weighted by atomic mass is 15.4. The average molecular weight is 357 g/mol. The minimum Gasteiger partial charge on any atom is -0.357 e. The van der Waals surface area contributed by atoms with Gasteiger partial charge >= 0.3 is 0 Å². The number of hydrazine groups is 1. The monoisotopic (exact) mass is 357 g/mol. The highest BCUT2D eigenvalue weighted by Gasteiger charge is 2.28. The van der Waals surface area contributed by atoms with Crippen molar-refractivity contribution in [1.82, 2.24) is 25.4 Å². The van der Waals surface area contributed by atoms with Gasteiger partial charge in [-0.1, -0.05) is 48.5 Å². The number of hydrogen-bond acceptors (Lipinski definition) is 3. The number of benzene rings is 2. The fourth-order valence-corrected chi connectivity index (χ4v) is 4.00. The minimum absolute atomic E-state index is 0.238. The van der Waals surface area contributed by atoms with Crippen LogP contribution in [0.25, 0.3) is 22.2 Å². The SMILES string of the molecule is CC1CC(c2c(-c3ccccc3)ncn2Cc2cc3ccccc3[nH]2)NN1. The molecule has 5 nitrogen and oxygen atoms in total. The van der Waals surface area contributed by atoms with Gasteiger partial charge in [0.25, 0.3) is 0 Å². The molecule has 5 heteroatoms. The van der Waals surface area contributed by atoms with Crippen molar-refractivity contribution >= 4 is 10.9 Å². The third kappa shape index (κ3) is 3.05. The molecule has 0 aliphatic carbocycles. The highest BCUT2D eigenvalue weighted by Crippen LogP contribution is 2.32. The van der Waals surface area contributed by atoms with Crippen LogP contribution in [0.15, 0.2) is 67.0 Å². The van der Waals surface area contributed by atoms with Crippen LogP contribution >= 0.6 is 0 Å². The molecule has 136 valence electrons. The van der Waals surface area contributed by atoms with Gasteiger partial charge in [0.1, 0.15) is 0 Å². The molecule has 4 aromatic rings. The van der Waals surface area contributed by atoms with E-state index in [-0.39, 0.29) is 6.04 Å². The number of aromatic amines is 1. The lowest BCUT2D eigenvalue weighted by Crippen LogP contribution is -2.29. The van der Waals surface area contributed by atoms with Gasteiger partial charge in [0.2, 0.25) is 0 Å². The molecular weight excluding hydrogens is 334 g/mol. The van der Waals surface area contributed by atoms with Crippen molar-refractivity contribution in [2.24, 2.45) is 0 Å². The molecule has 5 rings (SSSR count). The van der Waals surface area contributed by atoms with Crippen LogP contribution in [0, 0.1) is 0 Å². The lowest BCUT2D eigenvalue weighted by molar-refractivity contribution is 0.536. The van der Waals surface area contributed by atoms with E-state index in [0.717, 1.165) is 24.2 Å². The largest absolute Gasteiger partial charge is 0.357 e. The Morgan fingerprint density at radius 1 is 1.04 bits per heavy atom. The van der Waals surface area contributed by atoms with Gasteiger partial charge in [0.15, 0.2) is 0 Å². The average Bonchev–Trinajstić information content (AvgIpc) is 3.40. The number of para-hydroxylation sites is 1. The third-order valence-electron chi connectivity index (χ3n) is 5.28. The van der Waals surface area contributed by atoms with Crippen LogP contribution in [-0.4, -0.2) is 20.6 Å². The van der Waals surface area contributed by atoms with Crippen LogP contribution in [0.1, 0.15) is 30.8 Å². The molecule has 0 radical (unpaired) electrons. The molecule has 2 unspecified atom stereocenters. The van der Waals surface area contributed by atoms with Crippen LogP contribution in [-0.2, 0) is 6.54 Å². The third-order valence-corrected chi connectivity index (χ3v) is 5.28. The lowest BCUT2D eigenvalue weighted by atomic mass is 10.0. The Bertz CT molecular complexity index is 1030. The van der Waals surface area contributed by atoms with Crippen LogP contribution in [0.4, 0.5) is 0 Å². The molecule has 2 aromatic carbocycles. The summed E-state index contributed by atoms with van der Waals surface area (Å²) < 4.78 is 2.27. The topological polar surface area (TPSA) is 57.7 Å². The highest BCUT2D eigenvalue weighted by molar-refractivity contribution is 5.80. The zero-order valence-corrected chi connectivity index (χ0v) is 15.3. The molecule has 1 aliphatic heterocycles. The van der Waals surface area contributed by atoms with Crippen molar-refractivity contribution in [2.45, 2.75) is 32.0 Å². The maximum absolute atomic E-state index is 4.79. The van der Waals surface area contributed by atoms with Gasteiger partial charge in [-0.2, -0.15) is 0 Å². The van der Waals surface area contributed by atoms with Crippen molar-refractivity contribution in [3.63, 3.8) is 0 Å². The Balaban J connectivity index is 1.56. The van der Waals surface area contributed by atoms with E-state index in [2.05, 4.69) is 81.9 Å². The first-order chi connectivity index (χ1) is 13.3. The number of fused-ring (bicyclic) bond motifs is 1. The van der Waals surface area contributed by atoms with Gasteiger partial charge in [-0.05, 0) is 30.9 Å². The Labute approximate surface area is 158 Å². The minimum atomic E-state index is 0.238. The number of H-pyrrole nitrogens is 1. The molecule has 1 fully saturated rings. The fraction of sp³-hybridized carbons (Fsp3) is 0.227. The molecule has 1 saturated heterocycles. The quantitative estimate of drug-likeness (QED) is 0.517. The van der Waals surface area contributed by atoms with E-state index in [0.29, 0.717) is 6.04 Å². The Hall–Kier alpha value is -2.89. The smallest absolute Gasteiger partial charge is 0.0960 e. The molecule has 27 heavy (non-hydrogen) atoms. The molecule has 0 saturated carbocycles. The van der Waals surface area contributed by atoms with Gasteiger partial charge in [-0.25, -0.2) is 10.4 Å². The second-order valence-corrected chi connectivity index (χ2v) is 7.33. The number of imidazole rings is 1. The second kappa shape index (κ2) is 6.68. The van der Waals surface area contributed by atoms with E-state index < -0.39 is 0 Å². The van der Waals surface area contributed by atoms with Gasteiger partial charge in [-0.15, -0.1) is 0 Å². The molecule has 2 atom stereocenters. The van der Waals surface area contributed by atoms with Crippen molar-refractivity contribution in [3.8, 4) is 11.3 Å². The Morgan fingerprint density at radius 2 is 1.85 bits per heavy atom. The number of nitrogens with one attached hydrogen (secondary N) is 3. The molecule has 0 bridgehead atoms. The first-order valence-electron chi connectivity index (χ1n) is 9.46. The van der Waals surface area contributed by atoms with Crippen LogP contribution in [0.5, 0.6) is 0 Å². The van der Waals surface area contributed by atoms with Gasteiger partial charge in [0.05, 0.1) is 30.3 Å². The van der Waals surface area contributed by atoms with E-state index in [1.54, 1.807) is 0 Å². The first kappa shape index (κ1) is 16.3. The molecule has 0 spiro atoms. The zero-order chi connectivity index (χ0) is 18.2. The maximum Gasteiger partial charge on any atom is 0.0960 e. The van der Waals surface area contributed by atoms with E-state index >= 15 is 0 Å². The normalized spacial score (nSPS) is 19.7. The second-order valence-electron chi connectivity index (χ2n) is 7.33. The van der Waals surface area contributed by atoms with E-state index in [1.807, 2.05) is 12.4 Å². The molecule has 3 heterocycles. The van der Waals surface area contributed by atoms with E-state index in [4.69, 9.17) is 4.98 Å². The van der Waals surface area contributed by atoms with E-state index in [9.17, 15) is 0 Å². The van der Waals surface area contributed by atoms with Gasteiger partial charge < -0.3 is 9.55 Å². The van der Waals surface area contributed by atoms with Crippen molar-refractivity contribution < 1.29 is 0 Å². The standard InChI is InChI=1S/C22H23N5/c1-15-11-20(26-25-15)22-21(16-7-3-2-4-8-16)23-14-27(22)13-18-12-17-9-5-6-10-19(17)24-18/h2-10,12,14-15,20,24-26H,11,13H2,1H3. The van der Waals surface area contributed by atoms with E-state index in [1.165, 1.54) is 22.3 Å². The summed E-state index contributed by atoms with van der Waals surface area (Å²) in [5.41, 5.74) is 12.6. The molecule has 2 aromatic heterocycles. The molecular formula is C22H23N5. The first-order valence-corrected chi connectivity index (χ1v) is 9.46. The summed E-state index contributed by atoms with van der Waals surface area (Å²) in [6.45, 7) is 2.98. The van der Waals surface area contributed by atoms with Crippen molar-refractivity contribution in [2.75, 3.05) is 0 Å². The summed E-state index contributed by atoms with van der Waals surface area (Å²) in [7, 11) is 0. The van der Waals surface area contributed by atoms with Crippen molar-refractivity contribution in [1.29, 1.82) is 0 Å². The van der Waals surface area contributed by atoms with Crippen LogP contribution < -0.4 is 10.9 Å². The summed E-state index contributed by atoms with van der Waals surface area (Å²) in [6.07, 6.45) is 3.01. The fourth-order valence-electron chi connectivity index (χ4n) is 4.00. The lowest BCUT2D eigenvalue weighted by Gasteiger charge is -2.15. The number of hydrogen-bond donors (Lipinski definition) is 3. The Kier molecular flexibility index (Phi) is 4.03.